The third kappa shape index (κ3) is 6.73. The molecule has 4 nitrogen and oxygen atoms in total. The molecule has 1 amide bonds. The summed E-state index contributed by atoms with van der Waals surface area (Å²) >= 11 is 0. The number of halogens is 2. The molecule has 0 fully saturated rings. The van der Waals surface area contributed by atoms with Crippen molar-refractivity contribution in [3.05, 3.63) is 65.7 Å². The van der Waals surface area contributed by atoms with Crippen LogP contribution < -0.4 is 14.8 Å². The van der Waals surface area contributed by atoms with Crippen molar-refractivity contribution in [2.24, 2.45) is 0 Å². The fourth-order valence-corrected chi connectivity index (χ4v) is 2.47. The Labute approximate surface area is 157 Å². The number of benzene rings is 2. The summed E-state index contributed by atoms with van der Waals surface area (Å²) in [5, 5.41) is 2.85. The van der Waals surface area contributed by atoms with Crippen LogP contribution in [-0.4, -0.2) is 25.7 Å². The van der Waals surface area contributed by atoms with Crippen LogP contribution in [0.2, 0.25) is 0 Å². The van der Waals surface area contributed by atoms with Crippen LogP contribution in [0, 0.1) is 0 Å². The lowest BCUT2D eigenvalue weighted by Gasteiger charge is -2.12. The third-order valence-electron chi connectivity index (χ3n) is 3.86. The number of nitrogens with one attached hydrogen (secondary N) is 1. The van der Waals surface area contributed by atoms with Gasteiger partial charge in [-0.05, 0) is 42.2 Å². The van der Waals surface area contributed by atoms with Crippen LogP contribution in [0.3, 0.4) is 0 Å². The first-order valence-electron chi connectivity index (χ1n) is 8.72. The number of hydrogen-bond donors (Lipinski definition) is 1. The summed E-state index contributed by atoms with van der Waals surface area (Å²) in [4.78, 5) is 12.0. The molecule has 0 heterocycles. The molecule has 1 unspecified atom stereocenters. The molecule has 1 atom stereocenters. The molecule has 2 aromatic rings. The van der Waals surface area contributed by atoms with Gasteiger partial charge in [-0.3, -0.25) is 4.79 Å². The fraction of sp³-hybridized carbons (Fsp3) is 0.286. The van der Waals surface area contributed by atoms with Gasteiger partial charge in [-0.25, -0.2) is 0 Å². The van der Waals surface area contributed by atoms with Gasteiger partial charge in [-0.15, -0.1) is 0 Å². The number of rotatable bonds is 9. The monoisotopic (exact) mass is 375 g/mol. The Balaban J connectivity index is 1.95. The van der Waals surface area contributed by atoms with Gasteiger partial charge >= 0.3 is 6.61 Å². The minimum absolute atomic E-state index is 0.0369. The average molecular weight is 375 g/mol. The van der Waals surface area contributed by atoms with Crippen LogP contribution in [-0.2, 0) is 4.79 Å². The van der Waals surface area contributed by atoms with Crippen LogP contribution in [0.15, 0.2) is 54.6 Å². The first-order chi connectivity index (χ1) is 13.0. The molecular weight excluding hydrogens is 352 g/mol. The number of carbonyl (C=O) groups excluding carboxylic acids is 1. The predicted octanol–water partition coefficient (Wildman–Crippen LogP) is 4.62. The second-order valence-corrected chi connectivity index (χ2v) is 5.91. The van der Waals surface area contributed by atoms with Crippen molar-refractivity contribution >= 4 is 12.0 Å². The summed E-state index contributed by atoms with van der Waals surface area (Å²) in [6.07, 6.45) is 2.99. The predicted molar refractivity (Wildman–Crippen MR) is 101 cm³/mol. The normalized spacial score (nSPS) is 12.2. The molecule has 27 heavy (non-hydrogen) atoms. The van der Waals surface area contributed by atoms with E-state index in [0.717, 1.165) is 5.56 Å². The van der Waals surface area contributed by atoms with Gasteiger partial charge < -0.3 is 14.8 Å². The third-order valence-corrected chi connectivity index (χ3v) is 3.86. The quantitative estimate of drug-likeness (QED) is 0.651. The molecule has 0 saturated heterocycles. The Bertz CT molecular complexity index is 763. The van der Waals surface area contributed by atoms with Gasteiger partial charge in [-0.2, -0.15) is 8.78 Å². The molecule has 0 bridgehead atoms. The molecule has 144 valence electrons. The number of carbonyl (C=O) groups is 1. The van der Waals surface area contributed by atoms with Crippen LogP contribution in [0.5, 0.6) is 11.5 Å². The highest BCUT2D eigenvalue weighted by atomic mass is 19.3. The van der Waals surface area contributed by atoms with Gasteiger partial charge in [0.2, 0.25) is 5.91 Å². The van der Waals surface area contributed by atoms with Crippen molar-refractivity contribution in [1.82, 2.24) is 5.32 Å². The van der Waals surface area contributed by atoms with E-state index in [1.807, 2.05) is 37.3 Å². The summed E-state index contributed by atoms with van der Waals surface area (Å²) in [5.74, 6) is 0.130. The Morgan fingerprint density at radius 1 is 1.15 bits per heavy atom. The van der Waals surface area contributed by atoms with E-state index >= 15 is 0 Å². The zero-order valence-electron chi connectivity index (χ0n) is 15.3. The second kappa shape index (κ2) is 10.3. The van der Waals surface area contributed by atoms with Crippen molar-refractivity contribution in [1.29, 1.82) is 0 Å². The lowest BCUT2D eigenvalue weighted by Crippen LogP contribution is -2.25. The molecule has 6 heteroatoms. The van der Waals surface area contributed by atoms with E-state index in [-0.39, 0.29) is 23.3 Å². The number of hydrogen-bond acceptors (Lipinski definition) is 3. The molecular formula is C21H23F2NO3. The first kappa shape index (κ1) is 20.4. The molecule has 0 saturated carbocycles. The second-order valence-electron chi connectivity index (χ2n) is 5.91. The lowest BCUT2D eigenvalue weighted by molar-refractivity contribution is -0.116. The molecule has 1 N–H and O–H groups in total. The van der Waals surface area contributed by atoms with Crippen molar-refractivity contribution in [3.63, 3.8) is 0 Å². The smallest absolute Gasteiger partial charge is 0.387 e. The van der Waals surface area contributed by atoms with E-state index in [1.54, 1.807) is 25.1 Å². The van der Waals surface area contributed by atoms with Crippen molar-refractivity contribution in [2.45, 2.75) is 26.4 Å². The molecule has 2 aromatic carbocycles. The van der Waals surface area contributed by atoms with Gasteiger partial charge in [0.25, 0.3) is 0 Å². The highest BCUT2D eigenvalue weighted by Crippen LogP contribution is 2.30. The lowest BCUT2D eigenvalue weighted by atomic mass is 10.0. The van der Waals surface area contributed by atoms with Crippen molar-refractivity contribution in [3.8, 4) is 11.5 Å². The zero-order chi connectivity index (χ0) is 19.6. The molecule has 0 aromatic heterocycles. The van der Waals surface area contributed by atoms with Gasteiger partial charge in [0, 0.05) is 12.6 Å². The number of amides is 1. The molecule has 0 aliphatic carbocycles. The maximum absolute atomic E-state index is 12.4. The van der Waals surface area contributed by atoms with E-state index in [0.29, 0.717) is 18.7 Å². The van der Waals surface area contributed by atoms with E-state index in [2.05, 4.69) is 10.1 Å². The van der Waals surface area contributed by atoms with E-state index in [1.165, 1.54) is 12.1 Å². The van der Waals surface area contributed by atoms with Crippen LogP contribution >= 0.6 is 0 Å². The largest absolute Gasteiger partial charge is 0.490 e. The van der Waals surface area contributed by atoms with E-state index in [4.69, 9.17) is 4.74 Å². The Morgan fingerprint density at radius 2 is 1.89 bits per heavy atom. The summed E-state index contributed by atoms with van der Waals surface area (Å²) in [6.45, 7) is 1.68. The number of ether oxygens (including phenoxy) is 2. The summed E-state index contributed by atoms with van der Waals surface area (Å²) < 4.78 is 34.6. The van der Waals surface area contributed by atoms with Crippen LogP contribution in [0.4, 0.5) is 8.78 Å². The number of alkyl halides is 2. The van der Waals surface area contributed by atoms with Gasteiger partial charge in [-0.1, -0.05) is 43.3 Å². The Morgan fingerprint density at radius 3 is 2.56 bits per heavy atom. The average Bonchev–Trinajstić information content (AvgIpc) is 2.66. The summed E-state index contributed by atoms with van der Waals surface area (Å²) in [7, 11) is 0. The molecule has 0 aliphatic rings. The molecule has 0 radical (unpaired) electrons. The Kier molecular flexibility index (Phi) is 7.79. The minimum atomic E-state index is -2.93. The van der Waals surface area contributed by atoms with Gasteiger partial charge in [0.05, 0.1) is 6.61 Å². The zero-order valence-corrected chi connectivity index (χ0v) is 15.3. The summed E-state index contributed by atoms with van der Waals surface area (Å²) in [6, 6.07) is 14.4. The highest BCUT2D eigenvalue weighted by molar-refractivity contribution is 5.91. The maximum Gasteiger partial charge on any atom is 0.387 e. The Hall–Kier alpha value is -2.89. The SMILES string of the molecule is CCOc1cc(C=CC(=O)NCC(C)c2ccccc2)ccc1OC(F)F. The standard InChI is InChI=1S/C21H23F2NO3/c1-3-26-19-13-16(9-11-18(19)27-21(22)23)10-12-20(25)24-14-15(2)17-7-5-4-6-8-17/h4-13,15,21H,3,14H2,1-2H3,(H,24,25). The van der Waals surface area contributed by atoms with E-state index < -0.39 is 6.61 Å². The van der Waals surface area contributed by atoms with Gasteiger partial charge in [0.1, 0.15) is 0 Å². The molecule has 0 spiro atoms. The minimum Gasteiger partial charge on any atom is -0.490 e. The van der Waals surface area contributed by atoms with Gasteiger partial charge in [0.15, 0.2) is 11.5 Å². The van der Waals surface area contributed by atoms with E-state index in [9.17, 15) is 13.6 Å². The summed E-state index contributed by atoms with van der Waals surface area (Å²) in [5.41, 5.74) is 1.80. The first-order valence-corrected chi connectivity index (χ1v) is 8.72. The highest BCUT2D eigenvalue weighted by Gasteiger charge is 2.11. The van der Waals surface area contributed by atoms with Crippen LogP contribution in [0.1, 0.15) is 30.9 Å². The molecule has 0 aliphatic heterocycles. The topological polar surface area (TPSA) is 47.6 Å². The fourth-order valence-electron chi connectivity index (χ4n) is 2.47. The van der Waals surface area contributed by atoms with Crippen molar-refractivity contribution < 1.29 is 23.0 Å². The molecule has 2 rings (SSSR count). The van der Waals surface area contributed by atoms with Crippen molar-refractivity contribution in [2.75, 3.05) is 13.2 Å². The maximum atomic E-state index is 12.4. The van der Waals surface area contributed by atoms with Crippen LogP contribution in [0.25, 0.3) is 6.08 Å².